The van der Waals surface area contributed by atoms with Crippen LogP contribution in [0.25, 0.3) is 77.0 Å². The van der Waals surface area contributed by atoms with Crippen LogP contribution in [-0.2, 0) is 0 Å². The number of para-hydroxylation sites is 2. The lowest BCUT2D eigenvalue weighted by molar-refractivity contribution is 1.09. The van der Waals surface area contributed by atoms with Gasteiger partial charge < -0.3 is 0 Å². The molecule has 0 fully saturated rings. The SMILES string of the molecule is c1ccc2c(c1)-c1nc3ccccc3c3cccc(c13)N2c1nc(-c2ccc3ccccc3c2)cc(-c2cccc3ccccc23)n1. The Kier molecular flexibility index (Phi) is 5.54. The molecule has 1 aliphatic rings. The molecule has 218 valence electrons. The molecule has 4 nitrogen and oxygen atoms in total. The van der Waals surface area contributed by atoms with E-state index in [9.17, 15) is 0 Å². The van der Waals surface area contributed by atoms with Crippen molar-refractivity contribution in [1.82, 2.24) is 15.0 Å². The first kappa shape index (κ1) is 25.9. The molecule has 0 radical (unpaired) electrons. The monoisotopic (exact) mass is 598 g/mol. The molecule has 0 amide bonds. The van der Waals surface area contributed by atoms with Gasteiger partial charge in [0.2, 0.25) is 5.95 Å². The molecule has 0 spiro atoms. The van der Waals surface area contributed by atoms with Crippen LogP contribution < -0.4 is 4.90 Å². The number of fused-ring (bicyclic) bond motifs is 6. The highest BCUT2D eigenvalue weighted by Gasteiger charge is 2.30. The van der Waals surface area contributed by atoms with E-state index in [1.165, 1.54) is 21.5 Å². The second-order valence-electron chi connectivity index (χ2n) is 12.1. The van der Waals surface area contributed by atoms with Crippen molar-refractivity contribution in [1.29, 1.82) is 0 Å². The Morgan fingerprint density at radius 2 is 1.06 bits per heavy atom. The van der Waals surface area contributed by atoms with Gasteiger partial charge in [0.05, 0.1) is 34.0 Å². The van der Waals surface area contributed by atoms with Gasteiger partial charge in [-0.3, -0.25) is 4.90 Å². The summed E-state index contributed by atoms with van der Waals surface area (Å²) in [6.07, 6.45) is 0. The van der Waals surface area contributed by atoms with Crippen molar-refractivity contribution in [2.45, 2.75) is 0 Å². The second kappa shape index (κ2) is 10.1. The first-order valence-electron chi connectivity index (χ1n) is 15.9. The van der Waals surface area contributed by atoms with E-state index in [4.69, 9.17) is 15.0 Å². The van der Waals surface area contributed by atoms with E-state index >= 15 is 0 Å². The third-order valence-electron chi connectivity index (χ3n) is 9.37. The molecule has 0 N–H and O–H groups in total. The molecule has 10 rings (SSSR count). The van der Waals surface area contributed by atoms with E-state index in [-0.39, 0.29) is 0 Å². The summed E-state index contributed by atoms with van der Waals surface area (Å²) in [6.45, 7) is 0. The zero-order chi connectivity index (χ0) is 30.9. The lowest BCUT2D eigenvalue weighted by atomic mass is 9.93. The van der Waals surface area contributed by atoms with Gasteiger partial charge in [-0.25, -0.2) is 15.0 Å². The van der Waals surface area contributed by atoms with Crippen LogP contribution in [0.1, 0.15) is 0 Å². The van der Waals surface area contributed by atoms with E-state index in [1.807, 2.05) is 0 Å². The topological polar surface area (TPSA) is 41.9 Å². The Balaban J connectivity index is 1.29. The Morgan fingerprint density at radius 1 is 0.404 bits per heavy atom. The van der Waals surface area contributed by atoms with Crippen LogP contribution in [0.2, 0.25) is 0 Å². The number of hydrogen-bond donors (Lipinski definition) is 0. The summed E-state index contributed by atoms with van der Waals surface area (Å²) >= 11 is 0. The maximum atomic E-state index is 5.38. The minimum Gasteiger partial charge on any atom is -0.278 e. The largest absolute Gasteiger partial charge is 0.278 e. The number of pyridine rings is 1. The van der Waals surface area contributed by atoms with Gasteiger partial charge in [-0.1, -0.05) is 127 Å². The minimum atomic E-state index is 0.623. The van der Waals surface area contributed by atoms with Crippen LogP contribution in [0, 0.1) is 0 Å². The van der Waals surface area contributed by atoms with Crippen LogP contribution in [0.5, 0.6) is 0 Å². The molecule has 0 aliphatic carbocycles. The predicted molar refractivity (Wildman–Crippen MR) is 194 cm³/mol. The summed E-state index contributed by atoms with van der Waals surface area (Å²) in [5.41, 5.74) is 8.94. The lowest BCUT2D eigenvalue weighted by Gasteiger charge is -2.32. The zero-order valence-electron chi connectivity index (χ0n) is 25.3. The summed E-state index contributed by atoms with van der Waals surface area (Å²) in [4.78, 5) is 18.2. The Hall–Kier alpha value is -6.39. The molecule has 1 aliphatic heterocycles. The fraction of sp³-hybridized carbons (Fsp3) is 0. The molecule has 0 atom stereocenters. The van der Waals surface area contributed by atoms with Crippen molar-refractivity contribution < 1.29 is 0 Å². The predicted octanol–water partition coefficient (Wildman–Crippen LogP) is 11.3. The third-order valence-corrected chi connectivity index (χ3v) is 9.37. The molecular formula is C43H26N4. The van der Waals surface area contributed by atoms with Gasteiger partial charge in [0.1, 0.15) is 0 Å². The number of benzene rings is 7. The van der Waals surface area contributed by atoms with Crippen molar-refractivity contribution in [3.63, 3.8) is 0 Å². The molecule has 4 heteroatoms. The van der Waals surface area contributed by atoms with Crippen molar-refractivity contribution in [3.05, 3.63) is 158 Å². The second-order valence-corrected chi connectivity index (χ2v) is 12.1. The fourth-order valence-corrected chi connectivity index (χ4v) is 7.20. The van der Waals surface area contributed by atoms with Gasteiger partial charge in [0.15, 0.2) is 0 Å². The van der Waals surface area contributed by atoms with Crippen molar-refractivity contribution in [3.8, 4) is 33.8 Å². The number of aromatic nitrogens is 3. The molecule has 47 heavy (non-hydrogen) atoms. The Labute approximate surface area is 271 Å². The standard InChI is InChI=1S/C43H26N4/c1-2-13-29-25-30(24-23-27(29)11-1)37-26-38(32-18-9-14-28-12-3-4-15-31(28)32)46-43(45-37)47-39-21-8-6-17-35(39)42-41-34(19-10-22-40(41)47)33-16-5-7-20-36(33)44-42/h1-26H. The molecule has 0 unspecified atom stereocenters. The van der Waals surface area contributed by atoms with E-state index < -0.39 is 0 Å². The van der Waals surface area contributed by atoms with Crippen LogP contribution >= 0.6 is 0 Å². The Morgan fingerprint density at radius 3 is 2.00 bits per heavy atom. The highest BCUT2D eigenvalue weighted by molar-refractivity contribution is 6.19. The van der Waals surface area contributed by atoms with Crippen LogP contribution in [-0.4, -0.2) is 15.0 Å². The third kappa shape index (κ3) is 3.98. The van der Waals surface area contributed by atoms with Crippen LogP contribution in [0.4, 0.5) is 17.3 Å². The quantitative estimate of drug-likeness (QED) is 0.190. The average molecular weight is 599 g/mol. The number of hydrogen-bond acceptors (Lipinski definition) is 4. The first-order chi connectivity index (χ1) is 23.3. The van der Waals surface area contributed by atoms with Crippen LogP contribution in [0.3, 0.4) is 0 Å². The Bertz CT molecular complexity index is 2710. The summed E-state index contributed by atoms with van der Waals surface area (Å²) in [5.74, 6) is 0.623. The van der Waals surface area contributed by atoms with E-state index in [2.05, 4.69) is 163 Å². The highest BCUT2D eigenvalue weighted by atomic mass is 15.3. The lowest BCUT2D eigenvalue weighted by Crippen LogP contribution is -2.18. The zero-order valence-corrected chi connectivity index (χ0v) is 25.3. The van der Waals surface area contributed by atoms with Crippen molar-refractivity contribution in [2.75, 3.05) is 4.90 Å². The summed E-state index contributed by atoms with van der Waals surface area (Å²) in [5, 5.41) is 8.13. The van der Waals surface area contributed by atoms with Gasteiger partial charge in [-0.05, 0) is 57.3 Å². The minimum absolute atomic E-state index is 0.623. The maximum absolute atomic E-state index is 5.38. The van der Waals surface area contributed by atoms with Gasteiger partial charge in [-0.2, -0.15) is 0 Å². The molecule has 3 heterocycles. The highest BCUT2D eigenvalue weighted by Crippen LogP contribution is 2.51. The van der Waals surface area contributed by atoms with E-state index in [1.54, 1.807) is 0 Å². The molecule has 9 aromatic rings. The molecule has 7 aromatic carbocycles. The van der Waals surface area contributed by atoms with Crippen molar-refractivity contribution in [2.24, 2.45) is 0 Å². The van der Waals surface area contributed by atoms with Gasteiger partial charge in [0.25, 0.3) is 0 Å². The number of anilines is 3. The number of nitrogens with zero attached hydrogens (tertiary/aromatic N) is 4. The summed E-state index contributed by atoms with van der Waals surface area (Å²) < 4.78 is 0. The van der Waals surface area contributed by atoms with E-state index in [0.29, 0.717) is 5.95 Å². The van der Waals surface area contributed by atoms with Crippen LogP contribution in [0.15, 0.2) is 158 Å². The molecular weight excluding hydrogens is 573 g/mol. The smallest absolute Gasteiger partial charge is 0.235 e. The average Bonchev–Trinajstić information content (AvgIpc) is 3.14. The summed E-state index contributed by atoms with van der Waals surface area (Å²) in [7, 11) is 0. The van der Waals surface area contributed by atoms with Gasteiger partial charge in [-0.15, -0.1) is 0 Å². The maximum Gasteiger partial charge on any atom is 0.235 e. The molecule has 0 saturated carbocycles. The van der Waals surface area contributed by atoms with Crippen molar-refractivity contribution >= 4 is 60.5 Å². The molecule has 2 aromatic heterocycles. The van der Waals surface area contributed by atoms with Gasteiger partial charge in [0, 0.05) is 27.5 Å². The number of rotatable bonds is 3. The first-order valence-corrected chi connectivity index (χ1v) is 15.9. The van der Waals surface area contributed by atoms with E-state index in [0.717, 1.165) is 66.8 Å². The normalized spacial score (nSPS) is 12.2. The van der Waals surface area contributed by atoms with Gasteiger partial charge >= 0.3 is 0 Å². The molecule has 0 bridgehead atoms. The molecule has 0 saturated heterocycles. The fourth-order valence-electron chi connectivity index (χ4n) is 7.20. The summed E-state index contributed by atoms with van der Waals surface area (Å²) in [6, 6.07) is 55.5.